The molecule has 0 aliphatic carbocycles. The summed E-state index contributed by atoms with van der Waals surface area (Å²) in [4.78, 5) is 6.73. The highest BCUT2D eigenvalue weighted by Gasteiger charge is 2.55. The number of hydrogen-bond acceptors (Lipinski definition) is 5. The summed E-state index contributed by atoms with van der Waals surface area (Å²) in [5.41, 5.74) is 2.06. The lowest BCUT2D eigenvalue weighted by Crippen LogP contribution is -2.63. The number of aliphatic hydroxyl groups is 2. The molecule has 2 aliphatic rings. The predicted molar refractivity (Wildman–Crippen MR) is 120 cm³/mol. The molecule has 0 bridgehead atoms. The quantitative estimate of drug-likeness (QED) is 0.656. The summed E-state index contributed by atoms with van der Waals surface area (Å²) in [5.74, 6) is 0.453. The van der Waals surface area contributed by atoms with Crippen LogP contribution in [0, 0.1) is 5.41 Å². The second-order valence-electron chi connectivity index (χ2n) is 10.1. The Bertz CT molecular complexity index is 886. The second-order valence-corrected chi connectivity index (χ2v) is 10.1. The normalized spacial score (nSPS) is 22.2. The molecule has 2 aromatic rings. The Hall–Kier alpha value is -1.79. The highest BCUT2D eigenvalue weighted by atomic mass is 16.3. The van der Waals surface area contributed by atoms with Gasteiger partial charge in [0, 0.05) is 49.6 Å². The molecular formula is C25H35N3O2. The minimum Gasteiger partial charge on any atom is -0.387 e. The lowest BCUT2D eigenvalue weighted by atomic mass is 9.62. The van der Waals surface area contributed by atoms with Crippen molar-refractivity contribution in [3.05, 3.63) is 65.0 Å². The number of likely N-dealkylation sites (tertiary alicyclic amines) is 1. The van der Waals surface area contributed by atoms with Gasteiger partial charge in [0.05, 0.1) is 5.60 Å². The van der Waals surface area contributed by atoms with E-state index in [9.17, 15) is 10.2 Å². The van der Waals surface area contributed by atoms with E-state index in [2.05, 4.69) is 73.4 Å². The summed E-state index contributed by atoms with van der Waals surface area (Å²) in [5, 5.41) is 25.8. The third kappa shape index (κ3) is 3.69. The van der Waals surface area contributed by atoms with Gasteiger partial charge >= 0.3 is 0 Å². The van der Waals surface area contributed by atoms with Gasteiger partial charge < -0.3 is 20.4 Å². The third-order valence-corrected chi connectivity index (χ3v) is 7.11. The number of pyridine rings is 1. The maximum atomic E-state index is 12.3. The molecule has 0 amide bonds. The summed E-state index contributed by atoms with van der Waals surface area (Å²) in [6.07, 6.45) is 5.12. The molecule has 162 valence electrons. The molecule has 1 aromatic heterocycles. The van der Waals surface area contributed by atoms with Gasteiger partial charge in [0.15, 0.2) is 0 Å². The molecule has 0 radical (unpaired) electrons. The van der Waals surface area contributed by atoms with Gasteiger partial charge in [0.2, 0.25) is 0 Å². The zero-order valence-corrected chi connectivity index (χ0v) is 18.7. The van der Waals surface area contributed by atoms with E-state index in [0.29, 0.717) is 25.4 Å². The van der Waals surface area contributed by atoms with Gasteiger partial charge in [-0.2, -0.15) is 0 Å². The van der Waals surface area contributed by atoms with Crippen LogP contribution in [-0.2, 0) is 12.0 Å². The molecule has 3 N–H and O–H groups in total. The van der Waals surface area contributed by atoms with Crippen LogP contribution in [0.25, 0.3) is 0 Å². The Morgan fingerprint density at radius 2 is 1.80 bits per heavy atom. The Morgan fingerprint density at radius 1 is 1.13 bits per heavy atom. The maximum absolute atomic E-state index is 12.3. The largest absolute Gasteiger partial charge is 0.387 e. The highest BCUT2D eigenvalue weighted by Crippen LogP contribution is 2.50. The first-order valence-electron chi connectivity index (χ1n) is 11.0. The number of benzene rings is 1. The Labute approximate surface area is 180 Å². The minimum atomic E-state index is -1.12. The summed E-state index contributed by atoms with van der Waals surface area (Å²) in [7, 11) is 2.09. The fourth-order valence-corrected chi connectivity index (χ4v) is 5.14. The first kappa shape index (κ1) is 21.4. The van der Waals surface area contributed by atoms with Crippen molar-refractivity contribution in [2.45, 2.75) is 50.7 Å². The van der Waals surface area contributed by atoms with E-state index in [1.165, 1.54) is 5.56 Å². The van der Waals surface area contributed by atoms with Gasteiger partial charge in [-0.05, 0) is 48.6 Å². The number of hydrogen-bond donors (Lipinski definition) is 3. The Kier molecular flexibility index (Phi) is 5.52. The van der Waals surface area contributed by atoms with Crippen LogP contribution >= 0.6 is 0 Å². The molecule has 2 saturated heterocycles. The maximum Gasteiger partial charge on any atom is 0.124 e. The molecule has 3 heterocycles. The summed E-state index contributed by atoms with van der Waals surface area (Å²) < 4.78 is 0. The molecular weight excluding hydrogens is 374 g/mol. The molecule has 30 heavy (non-hydrogen) atoms. The van der Waals surface area contributed by atoms with Crippen LogP contribution in [0.2, 0.25) is 0 Å². The molecule has 1 atom stereocenters. The lowest BCUT2D eigenvalue weighted by molar-refractivity contribution is -0.127. The van der Waals surface area contributed by atoms with Crippen molar-refractivity contribution in [3.8, 4) is 0 Å². The van der Waals surface area contributed by atoms with Crippen molar-refractivity contribution in [2.24, 2.45) is 5.41 Å². The minimum absolute atomic E-state index is 0.294. The van der Waals surface area contributed by atoms with Crippen LogP contribution in [0.3, 0.4) is 0 Å². The van der Waals surface area contributed by atoms with Crippen LogP contribution in [-0.4, -0.2) is 58.9 Å². The van der Waals surface area contributed by atoms with E-state index >= 15 is 0 Å². The van der Waals surface area contributed by atoms with Crippen molar-refractivity contribution in [1.29, 1.82) is 0 Å². The van der Waals surface area contributed by atoms with Crippen molar-refractivity contribution < 1.29 is 10.2 Å². The smallest absolute Gasteiger partial charge is 0.124 e. The SMILES string of the molecule is CC(C)c1ccc([C@](O)(c2cncc(CCC3(O)CNC3)c2)C2(C)CN(C)C2)cc1. The molecule has 5 nitrogen and oxygen atoms in total. The van der Waals surface area contributed by atoms with Crippen LogP contribution in [0.15, 0.2) is 42.7 Å². The van der Waals surface area contributed by atoms with E-state index in [1.807, 2.05) is 12.4 Å². The molecule has 2 aliphatic heterocycles. The first-order valence-corrected chi connectivity index (χ1v) is 11.0. The third-order valence-electron chi connectivity index (χ3n) is 7.11. The van der Waals surface area contributed by atoms with E-state index in [4.69, 9.17) is 0 Å². The van der Waals surface area contributed by atoms with E-state index in [0.717, 1.165) is 36.2 Å². The summed E-state index contributed by atoms with van der Waals surface area (Å²) in [6, 6.07) is 10.5. The van der Waals surface area contributed by atoms with Gasteiger partial charge in [0.1, 0.15) is 5.60 Å². The van der Waals surface area contributed by atoms with E-state index < -0.39 is 11.2 Å². The number of β-amino-alcohol motifs (C(OH)–C–C–N with tert-alkyl or cyclic N) is 1. The second kappa shape index (κ2) is 7.72. The van der Waals surface area contributed by atoms with Crippen molar-refractivity contribution in [1.82, 2.24) is 15.2 Å². The zero-order valence-electron chi connectivity index (χ0n) is 18.7. The molecule has 5 heteroatoms. The average molecular weight is 410 g/mol. The Morgan fingerprint density at radius 3 is 2.33 bits per heavy atom. The molecule has 0 spiro atoms. The number of nitrogens with one attached hydrogen (secondary N) is 1. The van der Waals surface area contributed by atoms with Crippen LogP contribution in [0.1, 0.15) is 55.4 Å². The first-order chi connectivity index (χ1) is 14.2. The average Bonchev–Trinajstić information content (AvgIpc) is 2.69. The molecule has 1 aromatic carbocycles. The van der Waals surface area contributed by atoms with Gasteiger partial charge in [0.25, 0.3) is 0 Å². The van der Waals surface area contributed by atoms with Crippen LogP contribution < -0.4 is 5.32 Å². The van der Waals surface area contributed by atoms with Crippen molar-refractivity contribution in [3.63, 3.8) is 0 Å². The van der Waals surface area contributed by atoms with Gasteiger partial charge in [-0.15, -0.1) is 0 Å². The fraction of sp³-hybridized carbons (Fsp3) is 0.560. The van der Waals surface area contributed by atoms with E-state index in [1.54, 1.807) is 0 Å². The molecule has 4 rings (SSSR count). The van der Waals surface area contributed by atoms with Gasteiger partial charge in [-0.3, -0.25) is 4.98 Å². The summed E-state index contributed by atoms with van der Waals surface area (Å²) in [6.45, 7) is 9.48. The fourth-order valence-electron chi connectivity index (χ4n) is 5.14. The highest BCUT2D eigenvalue weighted by molar-refractivity contribution is 5.42. The van der Waals surface area contributed by atoms with Gasteiger partial charge in [-0.25, -0.2) is 0 Å². The summed E-state index contributed by atoms with van der Waals surface area (Å²) >= 11 is 0. The number of nitrogens with zero attached hydrogens (tertiary/aromatic N) is 2. The van der Waals surface area contributed by atoms with Gasteiger partial charge in [-0.1, -0.05) is 45.0 Å². The number of aromatic nitrogens is 1. The standard InChI is InChI=1S/C25H35N3O2/c1-18(2)20-5-7-21(8-6-20)25(30,23(3)16-28(4)17-23)22-11-19(12-26-13-22)9-10-24(29)14-27-15-24/h5-8,11-13,18,27,29-30H,9-10,14-17H2,1-4H3/t25-/m0/s1. The topological polar surface area (TPSA) is 68.6 Å². The monoisotopic (exact) mass is 409 g/mol. The zero-order chi connectivity index (χ0) is 21.6. The predicted octanol–water partition coefficient (Wildman–Crippen LogP) is 2.66. The Balaban J connectivity index is 1.68. The van der Waals surface area contributed by atoms with Crippen LogP contribution in [0.4, 0.5) is 0 Å². The van der Waals surface area contributed by atoms with E-state index in [-0.39, 0.29) is 5.41 Å². The number of aryl methyl sites for hydroxylation is 1. The van der Waals surface area contributed by atoms with Crippen LogP contribution in [0.5, 0.6) is 0 Å². The van der Waals surface area contributed by atoms with Crippen molar-refractivity contribution in [2.75, 3.05) is 33.2 Å². The van der Waals surface area contributed by atoms with Crippen molar-refractivity contribution >= 4 is 0 Å². The number of rotatable bonds is 7. The molecule has 2 fully saturated rings. The molecule has 0 unspecified atom stereocenters. The molecule has 0 saturated carbocycles. The lowest BCUT2D eigenvalue weighted by Gasteiger charge is -2.56.